The zero-order valence-electron chi connectivity index (χ0n) is 22.0. The van der Waals surface area contributed by atoms with Crippen LogP contribution in [0.25, 0.3) is 11.1 Å². The van der Waals surface area contributed by atoms with Gasteiger partial charge in [0.1, 0.15) is 12.3 Å². The van der Waals surface area contributed by atoms with Crippen LogP contribution in [-0.4, -0.2) is 74.0 Å². The Bertz CT molecular complexity index is 1320. The van der Waals surface area contributed by atoms with E-state index in [9.17, 15) is 25.0 Å². The van der Waals surface area contributed by atoms with E-state index in [-0.39, 0.29) is 42.7 Å². The average Bonchev–Trinajstić information content (AvgIpc) is 3.28. The second-order valence-electron chi connectivity index (χ2n) is 9.09. The number of nitrogens with zero attached hydrogens (tertiary/aromatic N) is 3. The van der Waals surface area contributed by atoms with E-state index in [1.807, 2.05) is 24.3 Å². The van der Waals surface area contributed by atoms with Crippen molar-refractivity contribution in [3.05, 3.63) is 98.1 Å². The van der Waals surface area contributed by atoms with Crippen LogP contribution < -0.4 is 5.32 Å². The lowest BCUT2D eigenvalue weighted by Gasteiger charge is -2.19. The third-order valence-electron chi connectivity index (χ3n) is 6.54. The van der Waals surface area contributed by atoms with Gasteiger partial charge in [-0.25, -0.2) is 4.79 Å². The SMILES string of the molecule is CN(CCOCCOCCNc1ccc([N+](=O)[O-])cc1[N+](=O)[O-])C(=O)OCC1c2ccccc2-c2ccccc21. The number of amides is 1. The summed E-state index contributed by atoms with van der Waals surface area (Å²) in [4.78, 5) is 34.6. The molecule has 0 fully saturated rings. The van der Waals surface area contributed by atoms with Crippen molar-refractivity contribution in [2.75, 3.05) is 58.5 Å². The summed E-state index contributed by atoms with van der Waals surface area (Å²) in [5, 5.41) is 24.8. The zero-order chi connectivity index (χ0) is 28.5. The minimum Gasteiger partial charge on any atom is -0.448 e. The molecular formula is C28H30N4O8. The Morgan fingerprint density at radius 1 is 0.875 bits per heavy atom. The molecule has 4 rings (SSSR count). The van der Waals surface area contributed by atoms with E-state index in [4.69, 9.17) is 14.2 Å². The second-order valence-corrected chi connectivity index (χ2v) is 9.09. The molecule has 0 spiro atoms. The molecule has 12 heteroatoms. The van der Waals surface area contributed by atoms with E-state index in [0.29, 0.717) is 26.4 Å². The van der Waals surface area contributed by atoms with E-state index in [0.717, 1.165) is 17.2 Å². The van der Waals surface area contributed by atoms with Crippen LogP contribution in [0.1, 0.15) is 17.0 Å². The van der Waals surface area contributed by atoms with E-state index < -0.39 is 15.9 Å². The van der Waals surface area contributed by atoms with Gasteiger partial charge in [-0.3, -0.25) is 20.2 Å². The standard InChI is InChI=1S/C28H30N4O8/c1-30(28(33)40-19-25-23-8-4-2-6-21(23)22-7-3-5-9-24(22)25)13-15-39-17-16-38-14-12-29-26-11-10-20(31(34)35)18-27(26)32(36)37/h2-11,18,25,29H,12-17,19H2,1H3. The number of nitro groups is 2. The van der Waals surface area contributed by atoms with Gasteiger partial charge < -0.3 is 24.4 Å². The van der Waals surface area contributed by atoms with Gasteiger partial charge in [0.15, 0.2) is 0 Å². The fourth-order valence-corrected chi connectivity index (χ4v) is 4.51. The van der Waals surface area contributed by atoms with E-state index in [2.05, 4.69) is 29.6 Å². The van der Waals surface area contributed by atoms with Gasteiger partial charge in [-0.2, -0.15) is 0 Å². The van der Waals surface area contributed by atoms with Crippen molar-refractivity contribution >= 4 is 23.2 Å². The zero-order valence-corrected chi connectivity index (χ0v) is 22.0. The van der Waals surface area contributed by atoms with E-state index in [1.165, 1.54) is 28.2 Å². The summed E-state index contributed by atoms with van der Waals surface area (Å²) >= 11 is 0. The molecule has 1 aliphatic carbocycles. The van der Waals surface area contributed by atoms with Crippen molar-refractivity contribution in [1.29, 1.82) is 0 Å². The Hall–Kier alpha value is -4.55. The Morgan fingerprint density at radius 3 is 2.12 bits per heavy atom. The molecule has 210 valence electrons. The third kappa shape index (κ3) is 6.90. The van der Waals surface area contributed by atoms with Crippen LogP contribution in [0.5, 0.6) is 0 Å². The van der Waals surface area contributed by atoms with Gasteiger partial charge in [0.25, 0.3) is 11.4 Å². The van der Waals surface area contributed by atoms with Gasteiger partial charge in [-0.05, 0) is 28.3 Å². The minimum absolute atomic E-state index is 0.000756. The molecule has 0 unspecified atom stereocenters. The van der Waals surface area contributed by atoms with Crippen LogP contribution in [0.2, 0.25) is 0 Å². The first-order valence-corrected chi connectivity index (χ1v) is 12.7. The highest BCUT2D eigenvalue weighted by Crippen LogP contribution is 2.44. The second kappa shape index (κ2) is 13.5. The number of fused-ring (bicyclic) bond motifs is 3. The first-order chi connectivity index (χ1) is 19.4. The highest BCUT2D eigenvalue weighted by Gasteiger charge is 2.29. The number of hydrogen-bond acceptors (Lipinski definition) is 9. The molecule has 3 aromatic rings. The van der Waals surface area contributed by atoms with Crippen LogP contribution >= 0.6 is 0 Å². The first kappa shape index (κ1) is 28.5. The Labute approximate surface area is 230 Å². The van der Waals surface area contributed by atoms with Crippen molar-refractivity contribution in [2.24, 2.45) is 0 Å². The van der Waals surface area contributed by atoms with Crippen molar-refractivity contribution < 1.29 is 28.9 Å². The fraction of sp³-hybridized carbons (Fsp3) is 0.321. The van der Waals surface area contributed by atoms with Crippen molar-refractivity contribution in [1.82, 2.24) is 4.90 Å². The molecule has 0 aromatic heterocycles. The lowest BCUT2D eigenvalue weighted by Crippen LogP contribution is -2.32. The monoisotopic (exact) mass is 550 g/mol. The number of hydrogen-bond donors (Lipinski definition) is 1. The Kier molecular flexibility index (Phi) is 9.60. The Morgan fingerprint density at radius 2 is 1.50 bits per heavy atom. The normalized spacial score (nSPS) is 11.9. The number of nitrogens with one attached hydrogen (secondary N) is 1. The first-order valence-electron chi connectivity index (χ1n) is 12.7. The molecule has 0 saturated heterocycles. The number of nitro benzene ring substituents is 2. The topological polar surface area (TPSA) is 146 Å². The van der Waals surface area contributed by atoms with Crippen LogP contribution in [0.15, 0.2) is 66.7 Å². The van der Waals surface area contributed by atoms with Crippen LogP contribution in [0, 0.1) is 20.2 Å². The van der Waals surface area contributed by atoms with Crippen molar-refractivity contribution in [3.8, 4) is 11.1 Å². The largest absolute Gasteiger partial charge is 0.448 e. The number of ether oxygens (including phenoxy) is 3. The summed E-state index contributed by atoms with van der Waals surface area (Å²) in [6, 6.07) is 19.7. The molecule has 3 aromatic carbocycles. The van der Waals surface area contributed by atoms with Crippen molar-refractivity contribution in [3.63, 3.8) is 0 Å². The number of likely N-dealkylation sites (N-methyl/N-ethyl adjacent to an activating group) is 1. The number of rotatable bonds is 14. The maximum absolute atomic E-state index is 12.5. The summed E-state index contributed by atoms with van der Waals surface area (Å²) in [5.74, 6) is -0.000756. The lowest BCUT2D eigenvalue weighted by atomic mass is 9.98. The summed E-state index contributed by atoms with van der Waals surface area (Å²) in [6.07, 6.45) is -0.423. The van der Waals surface area contributed by atoms with Gasteiger partial charge in [-0.1, -0.05) is 48.5 Å². The highest BCUT2D eigenvalue weighted by molar-refractivity contribution is 5.79. The lowest BCUT2D eigenvalue weighted by molar-refractivity contribution is -0.393. The molecule has 40 heavy (non-hydrogen) atoms. The number of carbonyl (C=O) groups is 1. The molecule has 0 bridgehead atoms. The van der Waals surface area contributed by atoms with Crippen LogP contribution in [0.3, 0.4) is 0 Å². The molecule has 1 amide bonds. The number of anilines is 1. The van der Waals surface area contributed by atoms with Crippen LogP contribution in [-0.2, 0) is 14.2 Å². The molecule has 0 heterocycles. The summed E-state index contributed by atoms with van der Waals surface area (Å²) in [6.45, 7) is 2.01. The summed E-state index contributed by atoms with van der Waals surface area (Å²) in [5.41, 5.74) is 4.10. The Balaban J connectivity index is 1.10. The van der Waals surface area contributed by atoms with Crippen molar-refractivity contribution in [2.45, 2.75) is 5.92 Å². The number of carbonyl (C=O) groups excluding carboxylic acids is 1. The van der Waals surface area contributed by atoms with Gasteiger partial charge >= 0.3 is 6.09 Å². The van der Waals surface area contributed by atoms with Gasteiger partial charge in [0.05, 0.1) is 42.3 Å². The molecule has 0 radical (unpaired) electrons. The third-order valence-corrected chi connectivity index (χ3v) is 6.54. The van der Waals surface area contributed by atoms with E-state index >= 15 is 0 Å². The van der Waals surface area contributed by atoms with Gasteiger partial charge in [0, 0.05) is 32.1 Å². The number of benzene rings is 3. The predicted molar refractivity (Wildman–Crippen MR) is 148 cm³/mol. The van der Waals surface area contributed by atoms with Gasteiger partial charge in [0.2, 0.25) is 0 Å². The molecule has 1 N–H and O–H groups in total. The highest BCUT2D eigenvalue weighted by atomic mass is 16.6. The van der Waals surface area contributed by atoms with E-state index in [1.54, 1.807) is 7.05 Å². The van der Waals surface area contributed by atoms with Crippen LogP contribution in [0.4, 0.5) is 21.9 Å². The van der Waals surface area contributed by atoms with Gasteiger partial charge in [-0.15, -0.1) is 0 Å². The molecule has 12 nitrogen and oxygen atoms in total. The average molecular weight is 551 g/mol. The summed E-state index contributed by atoms with van der Waals surface area (Å²) in [7, 11) is 1.65. The summed E-state index contributed by atoms with van der Waals surface area (Å²) < 4.78 is 16.6. The maximum atomic E-state index is 12.5. The maximum Gasteiger partial charge on any atom is 0.409 e. The molecule has 1 aliphatic rings. The fourth-order valence-electron chi connectivity index (χ4n) is 4.51. The predicted octanol–water partition coefficient (Wildman–Crippen LogP) is 4.83. The molecule has 0 saturated carbocycles. The number of non-ortho nitro benzene ring substituents is 1. The molecule has 0 atom stereocenters. The quantitative estimate of drug-likeness (QED) is 0.169. The molecule has 0 aliphatic heterocycles. The molecular weight excluding hydrogens is 520 g/mol. The minimum atomic E-state index is -0.685. The smallest absolute Gasteiger partial charge is 0.409 e.